The van der Waals surface area contributed by atoms with Gasteiger partial charge in [-0.05, 0) is 43.2 Å². The molecule has 1 aromatic heterocycles. The number of aliphatic hydroxyl groups excluding tert-OH is 1. The van der Waals surface area contributed by atoms with Crippen molar-refractivity contribution in [1.29, 1.82) is 0 Å². The molecule has 2 unspecified atom stereocenters. The van der Waals surface area contributed by atoms with Crippen molar-refractivity contribution in [3.05, 3.63) is 81.8 Å². The largest absolute Gasteiger partial charge is 0.374 e. The number of aromatic nitrogens is 1. The van der Waals surface area contributed by atoms with Crippen molar-refractivity contribution in [3.8, 4) is 0 Å². The molecule has 1 aliphatic rings. The van der Waals surface area contributed by atoms with E-state index >= 15 is 0 Å². The summed E-state index contributed by atoms with van der Waals surface area (Å²) in [6.07, 6.45) is 2.08. The van der Waals surface area contributed by atoms with Crippen molar-refractivity contribution >= 4 is 10.8 Å². The first-order valence-electron chi connectivity index (χ1n) is 9.74. The molecule has 4 rings (SSSR count). The fourth-order valence-electron chi connectivity index (χ4n) is 4.04. The van der Waals surface area contributed by atoms with E-state index in [0.717, 1.165) is 41.5 Å². The zero-order chi connectivity index (χ0) is 19.0. The summed E-state index contributed by atoms with van der Waals surface area (Å²) in [6.45, 7) is 4.06. The maximum absolute atomic E-state index is 13.0. The predicted octanol–water partition coefficient (Wildman–Crippen LogP) is 4.38. The highest BCUT2D eigenvalue weighted by Crippen LogP contribution is 2.37. The third-order valence-electron chi connectivity index (χ3n) is 5.57. The van der Waals surface area contributed by atoms with Crippen LogP contribution in [0.25, 0.3) is 10.8 Å². The standard InChI is InChI=1S/C23H26N2O2/c1-3-20(16-9-5-4-6-10-16)24-22(26)21-15(2)25(17-13-14-17)23(27)19-12-8-7-11-18(19)21/h4-12,17,20,22,24,26H,3,13-14H2,1-2H3. The maximum atomic E-state index is 13.0. The maximum Gasteiger partial charge on any atom is 0.258 e. The van der Waals surface area contributed by atoms with Crippen molar-refractivity contribution in [2.75, 3.05) is 0 Å². The topological polar surface area (TPSA) is 54.3 Å². The number of benzene rings is 2. The van der Waals surface area contributed by atoms with Crippen LogP contribution in [-0.4, -0.2) is 9.67 Å². The Morgan fingerprint density at radius 3 is 2.33 bits per heavy atom. The van der Waals surface area contributed by atoms with Crippen LogP contribution in [0.1, 0.15) is 61.3 Å². The molecule has 0 aliphatic heterocycles. The van der Waals surface area contributed by atoms with Crippen LogP contribution in [0.15, 0.2) is 59.4 Å². The highest BCUT2D eigenvalue weighted by molar-refractivity contribution is 5.86. The number of rotatable bonds is 6. The molecule has 2 aromatic carbocycles. The summed E-state index contributed by atoms with van der Waals surface area (Å²) < 4.78 is 1.88. The van der Waals surface area contributed by atoms with Crippen LogP contribution >= 0.6 is 0 Å². The second-order valence-electron chi connectivity index (χ2n) is 7.39. The highest BCUT2D eigenvalue weighted by Gasteiger charge is 2.30. The van der Waals surface area contributed by atoms with E-state index in [9.17, 15) is 9.90 Å². The Kier molecular flexibility index (Phi) is 4.85. The number of aliphatic hydroxyl groups is 1. The molecule has 0 spiro atoms. The molecule has 0 amide bonds. The minimum Gasteiger partial charge on any atom is -0.374 e. The quantitative estimate of drug-likeness (QED) is 0.640. The van der Waals surface area contributed by atoms with Gasteiger partial charge in [-0.2, -0.15) is 0 Å². The third kappa shape index (κ3) is 3.31. The Bertz CT molecular complexity index is 1010. The number of fused-ring (bicyclic) bond motifs is 1. The average Bonchev–Trinajstić information content (AvgIpc) is 3.52. The van der Waals surface area contributed by atoms with Gasteiger partial charge in [-0.3, -0.25) is 10.1 Å². The van der Waals surface area contributed by atoms with E-state index in [-0.39, 0.29) is 17.6 Å². The van der Waals surface area contributed by atoms with E-state index in [1.54, 1.807) is 0 Å². The predicted molar refractivity (Wildman–Crippen MR) is 109 cm³/mol. The summed E-state index contributed by atoms with van der Waals surface area (Å²) in [5.74, 6) is 0. The van der Waals surface area contributed by atoms with Gasteiger partial charge in [0.2, 0.25) is 0 Å². The van der Waals surface area contributed by atoms with Gasteiger partial charge in [-0.1, -0.05) is 55.5 Å². The molecule has 4 heteroatoms. The molecule has 4 nitrogen and oxygen atoms in total. The molecule has 140 valence electrons. The lowest BCUT2D eigenvalue weighted by molar-refractivity contribution is 0.122. The molecular weight excluding hydrogens is 336 g/mol. The Morgan fingerprint density at radius 2 is 1.70 bits per heavy atom. The normalized spacial score (nSPS) is 16.4. The first-order chi connectivity index (χ1) is 13.1. The lowest BCUT2D eigenvalue weighted by Gasteiger charge is -2.26. The van der Waals surface area contributed by atoms with Gasteiger partial charge in [0, 0.05) is 28.7 Å². The Morgan fingerprint density at radius 1 is 1.07 bits per heavy atom. The fraction of sp³-hybridized carbons (Fsp3) is 0.348. The van der Waals surface area contributed by atoms with Crippen LogP contribution < -0.4 is 10.9 Å². The summed E-state index contributed by atoms with van der Waals surface area (Å²) in [4.78, 5) is 13.0. The summed E-state index contributed by atoms with van der Waals surface area (Å²) in [5, 5.41) is 16.0. The Balaban J connectivity index is 1.79. The molecule has 0 radical (unpaired) electrons. The second kappa shape index (κ2) is 7.29. The molecule has 1 aliphatic carbocycles. The molecule has 0 bridgehead atoms. The monoisotopic (exact) mass is 362 g/mol. The van der Waals surface area contributed by atoms with Gasteiger partial charge in [-0.25, -0.2) is 0 Å². The molecule has 1 saturated carbocycles. The molecule has 3 aromatic rings. The van der Waals surface area contributed by atoms with Crippen molar-refractivity contribution in [1.82, 2.24) is 9.88 Å². The summed E-state index contributed by atoms with van der Waals surface area (Å²) in [7, 11) is 0. The van der Waals surface area contributed by atoms with Gasteiger partial charge in [-0.15, -0.1) is 0 Å². The van der Waals surface area contributed by atoms with E-state index in [1.807, 2.05) is 54.0 Å². The van der Waals surface area contributed by atoms with E-state index in [1.165, 1.54) is 0 Å². The molecular formula is C23H26N2O2. The average molecular weight is 362 g/mol. The number of nitrogens with one attached hydrogen (secondary N) is 1. The zero-order valence-electron chi connectivity index (χ0n) is 15.9. The molecule has 2 atom stereocenters. The van der Waals surface area contributed by atoms with Gasteiger partial charge in [0.05, 0.1) is 0 Å². The van der Waals surface area contributed by atoms with Crippen LogP contribution in [0.3, 0.4) is 0 Å². The highest BCUT2D eigenvalue weighted by atomic mass is 16.3. The van der Waals surface area contributed by atoms with Gasteiger partial charge in [0.1, 0.15) is 6.23 Å². The summed E-state index contributed by atoms with van der Waals surface area (Å²) in [5.41, 5.74) is 2.88. The lowest BCUT2D eigenvalue weighted by atomic mass is 10.00. The van der Waals surface area contributed by atoms with Gasteiger partial charge < -0.3 is 9.67 Å². The van der Waals surface area contributed by atoms with Crippen LogP contribution in [0.5, 0.6) is 0 Å². The molecule has 1 heterocycles. The van der Waals surface area contributed by atoms with Crippen molar-refractivity contribution in [2.24, 2.45) is 0 Å². The van der Waals surface area contributed by atoms with Crippen LogP contribution in [0, 0.1) is 6.92 Å². The van der Waals surface area contributed by atoms with Crippen molar-refractivity contribution in [3.63, 3.8) is 0 Å². The van der Waals surface area contributed by atoms with E-state index in [2.05, 4.69) is 24.4 Å². The lowest BCUT2D eigenvalue weighted by Crippen LogP contribution is -2.30. The number of nitrogens with zero attached hydrogens (tertiary/aromatic N) is 1. The SMILES string of the molecule is CCC(NC(O)c1c(C)n(C2CC2)c(=O)c2ccccc12)c1ccccc1. The zero-order valence-corrected chi connectivity index (χ0v) is 15.9. The number of pyridine rings is 1. The van der Waals surface area contributed by atoms with Gasteiger partial charge >= 0.3 is 0 Å². The minimum atomic E-state index is -0.842. The summed E-state index contributed by atoms with van der Waals surface area (Å²) in [6, 6.07) is 18.1. The van der Waals surface area contributed by atoms with E-state index < -0.39 is 6.23 Å². The van der Waals surface area contributed by atoms with E-state index in [0.29, 0.717) is 5.39 Å². The minimum absolute atomic E-state index is 0.0423. The van der Waals surface area contributed by atoms with E-state index in [4.69, 9.17) is 0 Å². The molecule has 2 N–H and O–H groups in total. The van der Waals surface area contributed by atoms with Gasteiger partial charge in [0.25, 0.3) is 5.56 Å². The van der Waals surface area contributed by atoms with Crippen molar-refractivity contribution < 1.29 is 5.11 Å². The number of hydrogen-bond donors (Lipinski definition) is 2. The van der Waals surface area contributed by atoms with Crippen LogP contribution in [0.2, 0.25) is 0 Å². The molecule has 0 saturated heterocycles. The molecule has 1 fully saturated rings. The first-order valence-corrected chi connectivity index (χ1v) is 9.74. The van der Waals surface area contributed by atoms with Crippen LogP contribution in [0.4, 0.5) is 0 Å². The second-order valence-corrected chi connectivity index (χ2v) is 7.39. The number of hydrogen-bond acceptors (Lipinski definition) is 3. The van der Waals surface area contributed by atoms with Gasteiger partial charge in [0.15, 0.2) is 0 Å². The van der Waals surface area contributed by atoms with Crippen LogP contribution in [-0.2, 0) is 0 Å². The fourth-order valence-corrected chi connectivity index (χ4v) is 4.04. The third-order valence-corrected chi connectivity index (χ3v) is 5.57. The Hall–Kier alpha value is -2.43. The Labute approximate surface area is 159 Å². The first kappa shape index (κ1) is 18.0. The molecule has 27 heavy (non-hydrogen) atoms. The summed E-state index contributed by atoms with van der Waals surface area (Å²) >= 11 is 0. The smallest absolute Gasteiger partial charge is 0.258 e. The van der Waals surface area contributed by atoms with Crippen molar-refractivity contribution in [2.45, 2.75) is 51.4 Å².